The van der Waals surface area contributed by atoms with Crippen LogP contribution in [0.3, 0.4) is 0 Å². The lowest BCUT2D eigenvalue weighted by molar-refractivity contribution is -0.139. The molecule has 1 N–H and O–H groups in total. The van der Waals surface area contributed by atoms with E-state index in [1.165, 1.54) is 0 Å². The normalized spacial score (nSPS) is 11.8. The first-order valence-electron chi connectivity index (χ1n) is 11.9. The lowest BCUT2D eigenvalue weighted by atomic mass is 10.0. The van der Waals surface area contributed by atoms with Crippen molar-refractivity contribution in [3.05, 3.63) is 106 Å². The van der Waals surface area contributed by atoms with E-state index in [-0.39, 0.29) is 11.8 Å². The van der Waals surface area contributed by atoms with Crippen LogP contribution in [0.25, 0.3) is 0 Å². The summed E-state index contributed by atoms with van der Waals surface area (Å²) in [5.74, 6) is 1.24. The van der Waals surface area contributed by atoms with Gasteiger partial charge in [-0.2, -0.15) is 0 Å². The Morgan fingerprint density at radius 3 is 2.06 bits per heavy atom. The average Bonchev–Trinajstić information content (AvgIpc) is 2.87. The van der Waals surface area contributed by atoms with Crippen molar-refractivity contribution in [2.24, 2.45) is 5.92 Å². The molecule has 0 saturated carbocycles. The molecular weight excluding hydrogens is 520 g/mol. The van der Waals surface area contributed by atoms with Gasteiger partial charge in [-0.25, -0.2) is 0 Å². The molecule has 0 fully saturated rings. The summed E-state index contributed by atoms with van der Waals surface area (Å²) in [4.78, 5) is 28.7. The van der Waals surface area contributed by atoms with Gasteiger partial charge in [0.15, 0.2) is 0 Å². The quantitative estimate of drug-likeness (QED) is 0.295. The number of halogens is 1. The Kier molecular flexibility index (Phi) is 10.9. The average molecular weight is 554 g/mol. The Bertz CT molecular complexity index is 1060. The first-order chi connectivity index (χ1) is 16.9. The van der Waals surface area contributed by atoms with Crippen LogP contribution in [0, 0.1) is 5.92 Å². The third kappa shape index (κ3) is 9.19. The van der Waals surface area contributed by atoms with Gasteiger partial charge in [0.05, 0.1) is 5.75 Å². The van der Waals surface area contributed by atoms with Crippen LogP contribution in [-0.4, -0.2) is 35.1 Å². The molecular formula is C29H33BrN2O2S. The highest BCUT2D eigenvalue weighted by Gasteiger charge is 2.30. The lowest BCUT2D eigenvalue weighted by Gasteiger charge is -2.31. The van der Waals surface area contributed by atoms with Crippen LogP contribution in [0.15, 0.2) is 89.4 Å². The second-order valence-corrected chi connectivity index (χ2v) is 10.9. The number of nitrogens with one attached hydrogen (secondary N) is 1. The number of amides is 2. The summed E-state index contributed by atoms with van der Waals surface area (Å²) in [6.07, 6.45) is 0.473. The second-order valence-electron chi connectivity index (χ2n) is 8.97. The Labute approximate surface area is 221 Å². The maximum Gasteiger partial charge on any atom is 0.243 e. The largest absolute Gasteiger partial charge is 0.354 e. The number of carbonyl (C=O) groups is 2. The number of carbonyl (C=O) groups excluding carboxylic acids is 2. The molecule has 0 radical (unpaired) electrons. The molecule has 0 spiro atoms. The van der Waals surface area contributed by atoms with Crippen molar-refractivity contribution >= 4 is 39.5 Å². The fourth-order valence-corrected chi connectivity index (χ4v) is 4.81. The van der Waals surface area contributed by atoms with E-state index in [9.17, 15) is 9.59 Å². The van der Waals surface area contributed by atoms with Gasteiger partial charge < -0.3 is 10.2 Å². The molecule has 0 heterocycles. The highest BCUT2D eigenvalue weighted by molar-refractivity contribution is 9.10. The van der Waals surface area contributed by atoms with E-state index in [1.807, 2.05) is 72.8 Å². The molecule has 0 aliphatic heterocycles. The summed E-state index contributed by atoms with van der Waals surface area (Å²) in [5, 5.41) is 3.07. The van der Waals surface area contributed by atoms with Crippen LogP contribution in [0.2, 0.25) is 0 Å². The Morgan fingerprint density at radius 2 is 1.46 bits per heavy atom. The summed E-state index contributed by atoms with van der Waals surface area (Å²) in [6, 6.07) is 27.3. The van der Waals surface area contributed by atoms with Gasteiger partial charge >= 0.3 is 0 Å². The van der Waals surface area contributed by atoms with E-state index in [1.54, 1.807) is 16.7 Å². The van der Waals surface area contributed by atoms with Crippen molar-refractivity contribution in [1.29, 1.82) is 0 Å². The van der Waals surface area contributed by atoms with Crippen LogP contribution in [0.5, 0.6) is 0 Å². The van der Waals surface area contributed by atoms with Gasteiger partial charge in [0.2, 0.25) is 11.8 Å². The first-order valence-corrected chi connectivity index (χ1v) is 13.8. The van der Waals surface area contributed by atoms with E-state index in [4.69, 9.17) is 0 Å². The molecule has 0 aliphatic rings. The minimum Gasteiger partial charge on any atom is -0.354 e. The maximum absolute atomic E-state index is 13.6. The van der Waals surface area contributed by atoms with Crippen LogP contribution >= 0.6 is 27.7 Å². The van der Waals surface area contributed by atoms with Gasteiger partial charge in [-0.3, -0.25) is 9.59 Å². The van der Waals surface area contributed by atoms with Crippen LogP contribution in [0.4, 0.5) is 0 Å². The van der Waals surface area contributed by atoms with Crippen molar-refractivity contribution in [3.63, 3.8) is 0 Å². The molecule has 0 aromatic heterocycles. The third-order valence-electron chi connectivity index (χ3n) is 5.56. The minimum atomic E-state index is -0.586. The molecule has 4 nitrogen and oxygen atoms in total. The summed E-state index contributed by atoms with van der Waals surface area (Å²) < 4.78 is 1.03. The second kappa shape index (κ2) is 14.1. The number of thioether (sulfide) groups is 1. The smallest absolute Gasteiger partial charge is 0.243 e. The van der Waals surface area contributed by atoms with Gasteiger partial charge in [0, 0.05) is 29.7 Å². The molecule has 1 atom stereocenters. The van der Waals surface area contributed by atoms with Gasteiger partial charge in [-0.05, 0) is 34.7 Å². The Balaban J connectivity index is 1.80. The fourth-order valence-electron chi connectivity index (χ4n) is 3.68. The summed E-state index contributed by atoms with van der Waals surface area (Å²) in [6.45, 7) is 5.11. The highest BCUT2D eigenvalue weighted by atomic mass is 79.9. The molecule has 0 bridgehead atoms. The zero-order chi connectivity index (χ0) is 25.0. The molecule has 35 heavy (non-hydrogen) atoms. The van der Waals surface area contributed by atoms with Crippen molar-refractivity contribution in [2.45, 2.75) is 38.6 Å². The predicted molar refractivity (Wildman–Crippen MR) is 149 cm³/mol. The molecule has 184 valence electrons. The van der Waals surface area contributed by atoms with Gasteiger partial charge in [0.1, 0.15) is 6.04 Å². The third-order valence-corrected chi connectivity index (χ3v) is 7.08. The number of benzene rings is 3. The summed E-state index contributed by atoms with van der Waals surface area (Å²) >= 11 is 5.03. The number of hydrogen-bond donors (Lipinski definition) is 1. The van der Waals surface area contributed by atoms with Crippen LogP contribution < -0.4 is 5.32 Å². The van der Waals surface area contributed by atoms with Gasteiger partial charge in [-0.1, -0.05) is 103 Å². The molecule has 3 aromatic rings. The van der Waals surface area contributed by atoms with Crippen molar-refractivity contribution in [3.8, 4) is 0 Å². The summed E-state index contributed by atoms with van der Waals surface area (Å²) in [5.41, 5.74) is 3.20. The maximum atomic E-state index is 13.6. The molecule has 0 saturated heterocycles. The molecule has 0 unspecified atom stereocenters. The molecule has 2 amide bonds. The lowest BCUT2D eigenvalue weighted by Crippen LogP contribution is -2.51. The monoisotopic (exact) mass is 552 g/mol. The zero-order valence-electron chi connectivity index (χ0n) is 20.3. The Hall–Kier alpha value is -2.57. The topological polar surface area (TPSA) is 49.4 Å². The fraction of sp³-hybridized carbons (Fsp3) is 0.310. The molecule has 6 heteroatoms. The van der Waals surface area contributed by atoms with E-state index in [2.05, 4.69) is 47.2 Å². The van der Waals surface area contributed by atoms with E-state index in [0.717, 1.165) is 26.9 Å². The standard InChI is InChI=1S/C29H33BrN2O2S/c1-22(2)18-31-29(34)27(17-23-9-5-3-6-10-23)32(19-24-11-7-4-8-12-24)28(33)21-35-20-25-13-15-26(30)16-14-25/h3-16,22,27H,17-21H2,1-2H3,(H,31,34)/t27-/m1/s1. The zero-order valence-corrected chi connectivity index (χ0v) is 22.7. The van der Waals surface area contributed by atoms with Gasteiger partial charge in [0.25, 0.3) is 0 Å². The predicted octanol–water partition coefficient (Wildman–Crippen LogP) is 6.09. The number of hydrogen-bond acceptors (Lipinski definition) is 3. The van der Waals surface area contributed by atoms with E-state index in [0.29, 0.717) is 31.2 Å². The van der Waals surface area contributed by atoms with Crippen molar-refractivity contribution in [2.75, 3.05) is 12.3 Å². The number of rotatable bonds is 12. The molecule has 3 aromatic carbocycles. The SMILES string of the molecule is CC(C)CNC(=O)[C@@H](Cc1ccccc1)N(Cc1ccccc1)C(=O)CSCc1ccc(Br)cc1. The number of nitrogens with zero attached hydrogens (tertiary/aromatic N) is 1. The molecule has 3 rings (SSSR count). The highest BCUT2D eigenvalue weighted by Crippen LogP contribution is 2.19. The van der Waals surface area contributed by atoms with E-state index >= 15 is 0 Å². The van der Waals surface area contributed by atoms with Crippen molar-refractivity contribution < 1.29 is 9.59 Å². The first kappa shape index (κ1) is 27.0. The van der Waals surface area contributed by atoms with Crippen LogP contribution in [0.1, 0.15) is 30.5 Å². The molecule has 0 aliphatic carbocycles. The minimum absolute atomic E-state index is 0.0309. The van der Waals surface area contributed by atoms with Crippen LogP contribution in [-0.2, 0) is 28.3 Å². The Morgan fingerprint density at radius 1 is 0.857 bits per heavy atom. The van der Waals surface area contributed by atoms with Gasteiger partial charge in [-0.15, -0.1) is 11.8 Å². The summed E-state index contributed by atoms with van der Waals surface area (Å²) in [7, 11) is 0. The van der Waals surface area contributed by atoms with E-state index < -0.39 is 6.04 Å². The van der Waals surface area contributed by atoms with Crippen molar-refractivity contribution in [1.82, 2.24) is 10.2 Å².